The predicted octanol–water partition coefficient (Wildman–Crippen LogP) is 4.06. The topological polar surface area (TPSA) is 77.8 Å². The molecule has 3 rings (SSSR count). The fourth-order valence-corrected chi connectivity index (χ4v) is 2.66. The Balaban J connectivity index is 1.49. The third-order valence-electron chi connectivity index (χ3n) is 4.06. The van der Waals surface area contributed by atoms with Crippen molar-refractivity contribution in [2.75, 3.05) is 11.9 Å². The zero-order chi connectivity index (χ0) is 18.9. The van der Waals surface area contributed by atoms with Crippen LogP contribution in [-0.4, -0.2) is 17.4 Å². The van der Waals surface area contributed by atoms with Crippen molar-refractivity contribution in [1.29, 1.82) is 5.26 Å². The van der Waals surface area contributed by atoms with Crippen LogP contribution in [0, 0.1) is 11.3 Å². The van der Waals surface area contributed by atoms with Crippen LogP contribution in [0.2, 0.25) is 0 Å². The number of nitrogens with zero attached hydrogens (tertiary/aromatic N) is 2. The quantitative estimate of drug-likeness (QED) is 0.626. The van der Waals surface area contributed by atoms with E-state index < -0.39 is 0 Å². The number of nitrogens with one attached hydrogen (secondary N) is 2. The number of amides is 1. The first-order chi connectivity index (χ1) is 13.2. The Hall–Kier alpha value is -3.65. The maximum absolute atomic E-state index is 12.2. The lowest BCUT2D eigenvalue weighted by Crippen LogP contribution is -2.24. The van der Waals surface area contributed by atoms with Gasteiger partial charge in [0.1, 0.15) is 5.82 Å². The van der Waals surface area contributed by atoms with Gasteiger partial charge in [-0.2, -0.15) is 5.26 Å². The molecule has 0 saturated carbocycles. The van der Waals surface area contributed by atoms with Gasteiger partial charge in [-0.15, -0.1) is 0 Å². The Morgan fingerprint density at radius 3 is 2.63 bits per heavy atom. The molecule has 5 nitrogen and oxygen atoms in total. The molecule has 0 aliphatic heterocycles. The highest BCUT2D eigenvalue weighted by Gasteiger charge is 2.06. The molecule has 0 radical (unpaired) electrons. The van der Waals surface area contributed by atoms with Gasteiger partial charge in [-0.1, -0.05) is 36.4 Å². The summed E-state index contributed by atoms with van der Waals surface area (Å²) in [7, 11) is 0. The molecule has 2 aromatic carbocycles. The molecular weight excluding hydrogens is 336 g/mol. The normalized spacial score (nSPS) is 10.0. The number of benzene rings is 2. The molecular formula is C22H20N4O. The highest BCUT2D eigenvalue weighted by Crippen LogP contribution is 2.16. The smallest absolute Gasteiger partial charge is 0.252 e. The molecule has 1 aromatic heterocycles. The Morgan fingerprint density at radius 1 is 1.04 bits per heavy atom. The molecule has 1 heterocycles. The fourth-order valence-electron chi connectivity index (χ4n) is 2.66. The molecule has 0 saturated heterocycles. The van der Waals surface area contributed by atoms with E-state index in [-0.39, 0.29) is 5.91 Å². The summed E-state index contributed by atoms with van der Waals surface area (Å²) < 4.78 is 0. The summed E-state index contributed by atoms with van der Waals surface area (Å²) in [6, 6.07) is 22.9. The zero-order valence-corrected chi connectivity index (χ0v) is 14.9. The second-order valence-electron chi connectivity index (χ2n) is 6.09. The standard InChI is InChI=1S/C22H20N4O/c23-15-18-8-4-10-20(14-18)26-21-12-11-19(16-25-21)22(27)24-13-5-9-17-6-2-1-3-7-17/h1-4,6-8,10-12,14,16H,5,9,13H2,(H,24,27)(H,25,26). The first-order valence-corrected chi connectivity index (χ1v) is 8.80. The number of aromatic nitrogens is 1. The van der Waals surface area contributed by atoms with Crippen molar-refractivity contribution in [2.45, 2.75) is 12.8 Å². The lowest BCUT2D eigenvalue weighted by Gasteiger charge is -2.08. The number of nitriles is 1. The van der Waals surface area contributed by atoms with Crippen molar-refractivity contribution in [3.8, 4) is 6.07 Å². The molecule has 0 aliphatic carbocycles. The average Bonchev–Trinajstić information content (AvgIpc) is 2.72. The van der Waals surface area contributed by atoms with Gasteiger partial charge in [0.2, 0.25) is 0 Å². The summed E-state index contributed by atoms with van der Waals surface area (Å²) in [6.45, 7) is 0.620. The van der Waals surface area contributed by atoms with Crippen molar-refractivity contribution in [1.82, 2.24) is 10.3 Å². The van der Waals surface area contributed by atoms with E-state index in [9.17, 15) is 4.79 Å². The van der Waals surface area contributed by atoms with Crippen LogP contribution < -0.4 is 10.6 Å². The van der Waals surface area contributed by atoms with Crippen LogP contribution in [0.3, 0.4) is 0 Å². The van der Waals surface area contributed by atoms with Gasteiger partial charge in [0.25, 0.3) is 5.91 Å². The minimum atomic E-state index is -0.131. The molecule has 1 amide bonds. The highest BCUT2D eigenvalue weighted by atomic mass is 16.1. The first kappa shape index (κ1) is 18.2. The molecule has 0 atom stereocenters. The number of carbonyl (C=O) groups is 1. The van der Waals surface area contributed by atoms with Crippen molar-refractivity contribution < 1.29 is 4.79 Å². The number of pyridine rings is 1. The minimum absolute atomic E-state index is 0.131. The molecule has 0 unspecified atom stereocenters. The molecule has 0 aliphatic rings. The maximum Gasteiger partial charge on any atom is 0.252 e. The number of hydrogen-bond donors (Lipinski definition) is 2. The van der Waals surface area contributed by atoms with Gasteiger partial charge in [-0.05, 0) is 48.7 Å². The highest BCUT2D eigenvalue weighted by molar-refractivity contribution is 5.94. The lowest BCUT2D eigenvalue weighted by molar-refractivity contribution is 0.0953. The zero-order valence-electron chi connectivity index (χ0n) is 14.9. The Bertz CT molecular complexity index is 931. The number of rotatable bonds is 7. The summed E-state index contributed by atoms with van der Waals surface area (Å²) in [4.78, 5) is 16.5. The van der Waals surface area contributed by atoms with Crippen LogP contribution in [0.25, 0.3) is 0 Å². The second-order valence-corrected chi connectivity index (χ2v) is 6.09. The molecule has 5 heteroatoms. The van der Waals surface area contributed by atoms with Crippen molar-refractivity contribution >= 4 is 17.4 Å². The minimum Gasteiger partial charge on any atom is -0.352 e. The van der Waals surface area contributed by atoms with E-state index in [1.807, 2.05) is 24.3 Å². The maximum atomic E-state index is 12.2. The fraction of sp³-hybridized carbons (Fsp3) is 0.136. The third kappa shape index (κ3) is 5.41. The second kappa shape index (κ2) is 9.16. The van der Waals surface area contributed by atoms with E-state index in [0.29, 0.717) is 23.5 Å². The molecule has 0 fully saturated rings. The summed E-state index contributed by atoms with van der Waals surface area (Å²) in [5.74, 6) is 0.485. The van der Waals surface area contributed by atoms with Gasteiger partial charge in [-0.3, -0.25) is 4.79 Å². The van der Waals surface area contributed by atoms with E-state index in [0.717, 1.165) is 18.5 Å². The van der Waals surface area contributed by atoms with Crippen molar-refractivity contribution in [3.63, 3.8) is 0 Å². The van der Waals surface area contributed by atoms with Crippen LogP contribution in [-0.2, 0) is 6.42 Å². The molecule has 3 aromatic rings. The van der Waals surface area contributed by atoms with Crippen LogP contribution in [0.15, 0.2) is 72.9 Å². The average molecular weight is 356 g/mol. The van der Waals surface area contributed by atoms with E-state index >= 15 is 0 Å². The van der Waals surface area contributed by atoms with E-state index in [4.69, 9.17) is 5.26 Å². The van der Waals surface area contributed by atoms with Crippen LogP contribution in [0.5, 0.6) is 0 Å². The van der Waals surface area contributed by atoms with Crippen molar-refractivity contribution in [2.24, 2.45) is 0 Å². The summed E-state index contributed by atoms with van der Waals surface area (Å²) in [5.41, 5.74) is 3.14. The number of anilines is 2. The van der Waals surface area contributed by atoms with E-state index in [1.54, 1.807) is 36.5 Å². The Morgan fingerprint density at radius 2 is 1.89 bits per heavy atom. The monoisotopic (exact) mass is 356 g/mol. The Kier molecular flexibility index (Phi) is 6.16. The molecule has 0 spiro atoms. The summed E-state index contributed by atoms with van der Waals surface area (Å²) in [6.07, 6.45) is 3.37. The lowest BCUT2D eigenvalue weighted by atomic mass is 10.1. The Labute approximate surface area is 158 Å². The molecule has 134 valence electrons. The molecule has 0 bridgehead atoms. The predicted molar refractivity (Wildman–Crippen MR) is 106 cm³/mol. The number of aryl methyl sites for hydroxylation is 1. The number of hydrogen-bond acceptors (Lipinski definition) is 4. The van der Waals surface area contributed by atoms with Gasteiger partial charge < -0.3 is 10.6 Å². The molecule has 27 heavy (non-hydrogen) atoms. The first-order valence-electron chi connectivity index (χ1n) is 8.80. The molecule has 2 N–H and O–H groups in total. The van der Waals surface area contributed by atoms with Crippen molar-refractivity contribution in [3.05, 3.63) is 89.6 Å². The van der Waals surface area contributed by atoms with Gasteiger partial charge in [0.15, 0.2) is 0 Å². The summed E-state index contributed by atoms with van der Waals surface area (Å²) >= 11 is 0. The largest absolute Gasteiger partial charge is 0.352 e. The number of carbonyl (C=O) groups excluding carboxylic acids is 1. The van der Waals surface area contributed by atoms with Gasteiger partial charge in [0, 0.05) is 18.4 Å². The van der Waals surface area contributed by atoms with Gasteiger partial charge in [-0.25, -0.2) is 4.98 Å². The van der Waals surface area contributed by atoms with Crippen LogP contribution in [0.1, 0.15) is 27.9 Å². The van der Waals surface area contributed by atoms with E-state index in [2.05, 4.69) is 33.8 Å². The van der Waals surface area contributed by atoms with E-state index in [1.165, 1.54) is 5.56 Å². The van der Waals surface area contributed by atoms with Gasteiger partial charge in [0.05, 0.1) is 17.2 Å². The third-order valence-corrected chi connectivity index (χ3v) is 4.06. The van der Waals surface area contributed by atoms with Gasteiger partial charge >= 0.3 is 0 Å². The summed E-state index contributed by atoms with van der Waals surface area (Å²) in [5, 5.41) is 15.0. The SMILES string of the molecule is N#Cc1cccc(Nc2ccc(C(=O)NCCCc3ccccc3)cn2)c1. The van der Waals surface area contributed by atoms with Crippen LogP contribution in [0.4, 0.5) is 11.5 Å². The van der Waals surface area contributed by atoms with Crippen LogP contribution >= 0.6 is 0 Å².